The van der Waals surface area contributed by atoms with E-state index >= 15 is 0 Å². The van der Waals surface area contributed by atoms with E-state index in [1.807, 2.05) is 18.2 Å². The summed E-state index contributed by atoms with van der Waals surface area (Å²) in [5.74, 6) is 6.73. The lowest BCUT2D eigenvalue weighted by atomic mass is 10.1. The molecule has 0 aromatic carbocycles. The molecule has 72 valence electrons. The number of hydrazine groups is 1. The van der Waals surface area contributed by atoms with E-state index in [0.29, 0.717) is 5.82 Å². The van der Waals surface area contributed by atoms with Crippen LogP contribution in [0.3, 0.4) is 0 Å². The summed E-state index contributed by atoms with van der Waals surface area (Å²) in [6.45, 7) is 6.24. The smallest absolute Gasteiger partial charge is 0.142 e. The van der Waals surface area contributed by atoms with Gasteiger partial charge in [-0.1, -0.05) is 6.07 Å². The van der Waals surface area contributed by atoms with E-state index in [1.54, 1.807) is 0 Å². The Labute approximate surface area is 78.5 Å². The van der Waals surface area contributed by atoms with Gasteiger partial charge in [0.05, 0.1) is 0 Å². The molecule has 1 heterocycles. The minimum Gasteiger partial charge on any atom is -0.365 e. The molecule has 0 atom stereocenters. The van der Waals surface area contributed by atoms with Gasteiger partial charge in [-0.05, 0) is 32.9 Å². The number of nitrogens with one attached hydrogen (secondary N) is 2. The number of nitrogens with zero attached hydrogens (tertiary/aromatic N) is 1. The third-order valence-corrected chi connectivity index (χ3v) is 1.40. The highest BCUT2D eigenvalue weighted by atomic mass is 15.3. The van der Waals surface area contributed by atoms with Gasteiger partial charge in [-0.15, -0.1) is 0 Å². The van der Waals surface area contributed by atoms with Crippen LogP contribution in [0.2, 0.25) is 0 Å². The maximum Gasteiger partial charge on any atom is 0.142 e. The van der Waals surface area contributed by atoms with Crippen molar-refractivity contribution < 1.29 is 0 Å². The van der Waals surface area contributed by atoms with Crippen LogP contribution in [-0.2, 0) is 0 Å². The Morgan fingerprint density at radius 2 is 1.85 bits per heavy atom. The lowest BCUT2D eigenvalue weighted by Gasteiger charge is -2.21. The molecule has 0 saturated heterocycles. The molecule has 4 nitrogen and oxygen atoms in total. The van der Waals surface area contributed by atoms with Crippen LogP contribution >= 0.6 is 0 Å². The Hall–Kier alpha value is -1.29. The molecule has 0 aliphatic carbocycles. The summed E-state index contributed by atoms with van der Waals surface area (Å²) in [7, 11) is 0. The van der Waals surface area contributed by atoms with Gasteiger partial charge in [-0.25, -0.2) is 10.8 Å². The number of pyridine rings is 1. The maximum absolute atomic E-state index is 5.24. The number of hydrogen-bond acceptors (Lipinski definition) is 4. The summed E-state index contributed by atoms with van der Waals surface area (Å²) in [5.41, 5.74) is 2.52. The monoisotopic (exact) mass is 180 g/mol. The summed E-state index contributed by atoms with van der Waals surface area (Å²) < 4.78 is 0. The molecule has 4 N–H and O–H groups in total. The van der Waals surface area contributed by atoms with Crippen LogP contribution in [0.1, 0.15) is 20.8 Å². The van der Waals surface area contributed by atoms with Crippen molar-refractivity contribution in [3.63, 3.8) is 0 Å². The SMILES string of the molecule is CC(C)(C)Nc1cccc(NN)n1. The van der Waals surface area contributed by atoms with Gasteiger partial charge in [0.15, 0.2) is 0 Å². The number of anilines is 2. The minimum absolute atomic E-state index is 0.0141. The van der Waals surface area contributed by atoms with E-state index in [0.717, 1.165) is 5.82 Å². The third kappa shape index (κ3) is 3.29. The first-order valence-corrected chi connectivity index (χ1v) is 4.23. The van der Waals surface area contributed by atoms with E-state index in [4.69, 9.17) is 5.84 Å². The zero-order valence-electron chi connectivity index (χ0n) is 8.26. The fraction of sp³-hybridized carbons (Fsp3) is 0.444. The predicted octanol–water partition coefficient (Wildman–Crippen LogP) is 1.58. The van der Waals surface area contributed by atoms with E-state index in [-0.39, 0.29) is 5.54 Å². The highest BCUT2D eigenvalue weighted by molar-refractivity contribution is 5.45. The van der Waals surface area contributed by atoms with Crippen LogP contribution in [0.5, 0.6) is 0 Å². The molecule has 4 heteroatoms. The Bertz CT molecular complexity index is 277. The Morgan fingerprint density at radius 1 is 1.23 bits per heavy atom. The van der Waals surface area contributed by atoms with Gasteiger partial charge in [0.2, 0.25) is 0 Å². The Morgan fingerprint density at radius 3 is 2.38 bits per heavy atom. The normalized spacial score (nSPS) is 11.1. The highest BCUT2D eigenvalue weighted by Crippen LogP contribution is 2.13. The highest BCUT2D eigenvalue weighted by Gasteiger charge is 2.09. The van der Waals surface area contributed by atoms with E-state index in [2.05, 4.69) is 36.5 Å². The first-order chi connectivity index (χ1) is 6.01. The van der Waals surface area contributed by atoms with Crippen molar-refractivity contribution in [1.82, 2.24) is 4.98 Å². The van der Waals surface area contributed by atoms with Crippen molar-refractivity contribution in [1.29, 1.82) is 0 Å². The predicted molar refractivity (Wildman–Crippen MR) is 55.4 cm³/mol. The average Bonchev–Trinajstić information content (AvgIpc) is 2.01. The molecule has 0 radical (unpaired) electrons. The third-order valence-electron chi connectivity index (χ3n) is 1.40. The number of aromatic nitrogens is 1. The Balaban J connectivity index is 2.78. The van der Waals surface area contributed by atoms with Gasteiger partial charge in [0, 0.05) is 5.54 Å². The molecule has 0 amide bonds. The molecular weight excluding hydrogens is 164 g/mol. The molecule has 1 rings (SSSR count). The van der Waals surface area contributed by atoms with Crippen LogP contribution in [0.25, 0.3) is 0 Å². The summed E-state index contributed by atoms with van der Waals surface area (Å²) >= 11 is 0. The molecule has 1 aromatic heterocycles. The second-order valence-corrected chi connectivity index (χ2v) is 3.93. The molecule has 0 bridgehead atoms. The second-order valence-electron chi connectivity index (χ2n) is 3.93. The standard InChI is InChI=1S/C9H16N4/c1-9(2,3)12-7-5-4-6-8(11-7)13-10/h4-6H,10H2,1-3H3,(H2,11,12,13). The molecule has 0 aliphatic heterocycles. The molecule has 0 aliphatic rings. The largest absolute Gasteiger partial charge is 0.365 e. The van der Waals surface area contributed by atoms with Crippen molar-refractivity contribution in [3.8, 4) is 0 Å². The average molecular weight is 180 g/mol. The van der Waals surface area contributed by atoms with Crippen molar-refractivity contribution in [2.45, 2.75) is 26.3 Å². The molecule has 0 saturated carbocycles. The zero-order valence-corrected chi connectivity index (χ0v) is 8.26. The van der Waals surface area contributed by atoms with Crippen molar-refractivity contribution in [2.24, 2.45) is 5.84 Å². The van der Waals surface area contributed by atoms with Gasteiger partial charge < -0.3 is 10.7 Å². The second kappa shape index (κ2) is 3.62. The Kier molecular flexibility index (Phi) is 2.72. The maximum atomic E-state index is 5.24. The van der Waals surface area contributed by atoms with Crippen LogP contribution in [0.4, 0.5) is 11.6 Å². The fourth-order valence-electron chi connectivity index (χ4n) is 0.969. The van der Waals surface area contributed by atoms with Gasteiger partial charge in [-0.3, -0.25) is 0 Å². The van der Waals surface area contributed by atoms with Crippen LogP contribution in [0.15, 0.2) is 18.2 Å². The molecule has 0 fully saturated rings. The first kappa shape index (κ1) is 9.80. The number of rotatable bonds is 2. The summed E-state index contributed by atoms with van der Waals surface area (Å²) in [6.07, 6.45) is 0. The minimum atomic E-state index is 0.0141. The number of nitrogens with two attached hydrogens (primary N) is 1. The first-order valence-electron chi connectivity index (χ1n) is 4.23. The summed E-state index contributed by atoms with van der Waals surface area (Å²) in [5, 5.41) is 3.25. The molecule has 0 unspecified atom stereocenters. The van der Waals surface area contributed by atoms with Gasteiger partial charge in [-0.2, -0.15) is 0 Å². The van der Waals surface area contributed by atoms with E-state index in [1.165, 1.54) is 0 Å². The molecule has 1 aromatic rings. The topological polar surface area (TPSA) is 63.0 Å². The molecular formula is C9H16N4. The molecule has 0 spiro atoms. The van der Waals surface area contributed by atoms with E-state index in [9.17, 15) is 0 Å². The summed E-state index contributed by atoms with van der Waals surface area (Å²) in [4.78, 5) is 4.23. The number of hydrogen-bond donors (Lipinski definition) is 3. The molecule has 13 heavy (non-hydrogen) atoms. The van der Waals surface area contributed by atoms with Crippen molar-refractivity contribution in [3.05, 3.63) is 18.2 Å². The lowest BCUT2D eigenvalue weighted by Crippen LogP contribution is -2.26. The zero-order chi connectivity index (χ0) is 9.90. The summed E-state index contributed by atoms with van der Waals surface area (Å²) in [6, 6.07) is 5.62. The van der Waals surface area contributed by atoms with E-state index < -0.39 is 0 Å². The number of nitrogen functional groups attached to an aromatic ring is 1. The van der Waals surface area contributed by atoms with Gasteiger partial charge in [0.25, 0.3) is 0 Å². The van der Waals surface area contributed by atoms with Crippen LogP contribution < -0.4 is 16.6 Å². The van der Waals surface area contributed by atoms with Crippen LogP contribution in [-0.4, -0.2) is 10.5 Å². The quantitative estimate of drug-likeness (QED) is 0.477. The van der Waals surface area contributed by atoms with Crippen molar-refractivity contribution in [2.75, 3.05) is 10.7 Å². The van der Waals surface area contributed by atoms with Crippen molar-refractivity contribution >= 4 is 11.6 Å². The lowest BCUT2D eigenvalue weighted by molar-refractivity contribution is 0.630. The fourth-order valence-corrected chi connectivity index (χ4v) is 0.969. The van der Waals surface area contributed by atoms with Crippen LogP contribution in [0, 0.1) is 0 Å². The van der Waals surface area contributed by atoms with Gasteiger partial charge in [0.1, 0.15) is 11.6 Å². The van der Waals surface area contributed by atoms with Gasteiger partial charge >= 0.3 is 0 Å².